The van der Waals surface area contributed by atoms with Crippen molar-refractivity contribution >= 4 is 18.0 Å². The molecular weight excluding hydrogens is 288 g/mol. The molecule has 1 aliphatic rings. The number of phenolic OH excluding ortho intramolecular Hbond substituents is 2. The van der Waals surface area contributed by atoms with E-state index in [4.69, 9.17) is 9.84 Å². The van der Waals surface area contributed by atoms with Gasteiger partial charge in [0.2, 0.25) is 0 Å². The number of hydrogen-bond acceptors (Lipinski definition) is 5. The molecule has 6 nitrogen and oxygen atoms in total. The van der Waals surface area contributed by atoms with Crippen molar-refractivity contribution in [2.24, 2.45) is 5.92 Å². The Hall–Kier alpha value is -2.50. The van der Waals surface area contributed by atoms with Gasteiger partial charge in [-0.05, 0) is 49.5 Å². The van der Waals surface area contributed by atoms with E-state index in [1.54, 1.807) is 6.07 Å². The Morgan fingerprint density at radius 1 is 1.18 bits per heavy atom. The van der Waals surface area contributed by atoms with Crippen molar-refractivity contribution in [1.82, 2.24) is 0 Å². The van der Waals surface area contributed by atoms with Crippen LogP contribution in [0.15, 0.2) is 24.3 Å². The van der Waals surface area contributed by atoms with Gasteiger partial charge in [0.15, 0.2) is 11.5 Å². The molecule has 1 aromatic carbocycles. The van der Waals surface area contributed by atoms with Crippen LogP contribution in [0.3, 0.4) is 0 Å². The van der Waals surface area contributed by atoms with Crippen LogP contribution in [-0.4, -0.2) is 33.4 Å². The summed E-state index contributed by atoms with van der Waals surface area (Å²) >= 11 is 0. The number of ether oxygens (including phenoxy) is 1. The first-order chi connectivity index (χ1) is 10.5. The quantitative estimate of drug-likeness (QED) is 0.448. The minimum absolute atomic E-state index is 0.235. The van der Waals surface area contributed by atoms with Crippen LogP contribution in [0.25, 0.3) is 6.08 Å². The number of benzene rings is 1. The average Bonchev–Trinajstić information content (AvgIpc) is 2.49. The number of carboxylic acid groups (broad SMARTS) is 1. The van der Waals surface area contributed by atoms with E-state index in [1.807, 2.05) is 0 Å². The summed E-state index contributed by atoms with van der Waals surface area (Å²) in [5.74, 6) is -2.36. The van der Waals surface area contributed by atoms with Crippen LogP contribution in [0.1, 0.15) is 31.2 Å². The maximum atomic E-state index is 11.7. The van der Waals surface area contributed by atoms with Crippen LogP contribution >= 0.6 is 0 Å². The lowest BCUT2D eigenvalue weighted by Crippen LogP contribution is -2.28. The van der Waals surface area contributed by atoms with E-state index in [2.05, 4.69) is 0 Å². The molecule has 1 saturated carbocycles. The number of phenols is 2. The highest BCUT2D eigenvalue weighted by Crippen LogP contribution is 2.27. The molecule has 2 unspecified atom stereocenters. The van der Waals surface area contributed by atoms with Gasteiger partial charge in [0.25, 0.3) is 0 Å². The van der Waals surface area contributed by atoms with Gasteiger partial charge < -0.3 is 20.1 Å². The molecule has 2 atom stereocenters. The van der Waals surface area contributed by atoms with Crippen LogP contribution < -0.4 is 0 Å². The molecule has 1 aliphatic carbocycles. The van der Waals surface area contributed by atoms with E-state index in [0.717, 1.165) is 6.42 Å². The first-order valence-electron chi connectivity index (χ1n) is 7.09. The van der Waals surface area contributed by atoms with E-state index >= 15 is 0 Å². The van der Waals surface area contributed by atoms with E-state index in [9.17, 15) is 19.8 Å². The summed E-state index contributed by atoms with van der Waals surface area (Å²) in [6.45, 7) is 0. The third kappa shape index (κ3) is 4.25. The molecule has 118 valence electrons. The van der Waals surface area contributed by atoms with Crippen LogP contribution in [0.5, 0.6) is 11.5 Å². The molecule has 1 aromatic rings. The number of hydrogen-bond donors (Lipinski definition) is 3. The third-order valence-electron chi connectivity index (χ3n) is 3.67. The number of rotatable bonds is 4. The monoisotopic (exact) mass is 306 g/mol. The third-order valence-corrected chi connectivity index (χ3v) is 3.67. The standard InChI is InChI=1S/C16H18O6/c17-13-6-4-10(8-14(13)18)5-7-15(19)22-12-3-1-2-11(9-12)16(20)21/h4-8,11-12,17-18H,1-3,9H2,(H,20,21)/b7-5+. The predicted octanol–water partition coefficient (Wildman–Crippen LogP) is 2.30. The van der Waals surface area contributed by atoms with Gasteiger partial charge in [-0.25, -0.2) is 4.79 Å². The Morgan fingerprint density at radius 2 is 1.95 bits per heavy atom. The lowest BCUT2D eigenvalue weighted by molar-refractivity contribution is -0.151. The van der Waals surface area contributed by atoms with Gasteiger partial charge >= 0.3 is 11.9 Å². The topological polar surface area (TPSA) is 104 Å². The van der Waals surface area contributed by atoms with E-state index < -0.39 is 17.9 Å². The summed E-state index contributed by atoms with van der Waals surface area (Å²) in [7, 11) is 0. The summed E-state index contributed by atoms with van der Waals surface area (Å²) in [4.78, 5) is 22.7. The second-order valence-electron chi connectivity index (χ2n) is 5.34. The fourth-order valence-corrected chi connectivity index (χ4v) is 2.49. The Labute approximate surface area is 127 Å². The molecule has 6 heteroatoms. The van der Waals surface area contributed by atoms with Crippen molar-refractivity contribution in [3.05, 3.63) is 29.8 Å². The lowest BCUT2D eigenvalue weighted by atomic mass is 9.87. The van der Waals surface area contributed by atoms with E-state index in [1.165, 1.54) is 24.3 Å². The molecule has 22 heavy (non-hydrogen) atoms. The minimum atomic E-state index is -0.851. The Balaban J connectivity index is 1.90. The number of carbonyl (C=O) groups excluding carboxylic acids is 1. The summed E-state index contributed by atoms with van der Waals surface area (Å²) in [5, 5.41) is 27.5. The van der Waals surface area contributed by atoms with Gasteiger partial charge in [-0.3, -0.25) is 4.79 Å². The molecule has 0 spiro atoms. The summed E-state index contributed by atoms with van der Waals surface area (Å²) in [6, 6.07) is 4.18. The normalized spacial score (nSPS) is 21.6. The van der Waals surface area contributed by atoms with Gasteiger partial charge in [0.05, 0.1) is 5.92 Å². The molecule has 2 rings (SSSR count). The fraction of sp³-hybridized carbons (Fsp3) is 0.375. The minimum Gasteiger partial charge on any atom is -0.504 e. The van der Waals surface area contributed by atoms with Crippen molar-refractivity contribution in [1.29, 1.82) is 0 Å². The van der Waals surface area contributed by atoms with Crippen LogP contribution in [0.4, 0.5) is 0 Å². The van der Waals surface area contributed by atoms with Crippen molar-refractivity contribution < 1.29 is 29.6 Å². The highest BCUT2D eigenvalue weighted by molar-refractivity contribution is 5.87. The van der Waals surface area contributed by atoms with E-state index in [0.29, 0.717) is 24.8 Å². The summed E-state index contributed by atoms with van der Waals surface area (Å²) < 4.78 is 5.25. The zero-order chi connectivity index (χ0) is 16.1. The first kappa shape index (κ1) is 15.9. The second-order valence-corrected chi connectivity index (χ2v) is 5.34. The maximum Gasteiger partial charge on any atom is 0.331 e. The van der Waals surface area contributed by atoms with Crippen LogP contribution in [0.2, 0.25) is 0 Å². The molecule has 0 heterocycles. The Kier molecular flexibility index (Phi) is 5.04. The summed E-state index contributed by atoms with van der Waals surface area (Å²) in [6.07, 6.45) is 4.66. The number of carboxylic acids is 1. The second kappa shape index (κ2) is 6.98. The molecular formula is C16H18O6. The number of carbonyl (C=O) groups is 2. The molecule has 0 aliphatic heterocycles. The molecule has 3 N–H and O–H groups in total. The van der Waals surface area contributed by atoms with Gasteiger partial charge in [0, 0.05) is 6.08 Å². The maximum absolute atomic E-state index is 11.7. The highest BCUT2D eigenvalue weighted by atomic mass is 16.5. The van der Waals surface area contributed by atoms with Gasteiger partial charge in [0.1, 0.15) is 6.10 Å². The molecule has 0 bridgehead atoms. The molecule has 0 radical (unpaired) electrons. The fourth-order valence-electron chi connectivity index (χ4n) is 2.49. The first-order valence-corrected chi connectivity index (χ1v) is 7.09. The Morgan fingerprint density at radius 3 is 2.64 bits per heavy atom. The molecule has 0 saturated heterocycles. The van der Waals surface area contributed by atoms with Gasteiger partial charge in [-0.2, -0.15) is 0 Å². The van der Waals surface area contributed by atoms with Crippen molar-refractivity contribution in [2.75, 3.05) is 0 Å². The van der Waals surface area contributed by atoms with E-state index in [-0.39, 0.29) is 17.6 Å². The Bertz CT molecular complexity index is 592. The van der Waals surface area contributed by atoms with Gasteiger partial charge in [-0.1, -0.05) is 6.07 Å². The molecule has 1 fully saturated rings. The summed E-state index contributed by atoms with van der Waals surface area (Å²) in [5.41, 5.74) is 0.541. The zero-order valence-corrected chi connectivity index (χ0v) is 11.9. The average molecular weight is 306 g/mol. The SMILES string of the molecule is O=C(/C=C/c1ccc(O)c(O)c1)OC1CCCC(C(=O)O)C1. The predicted molar refractivity (Wildman–Crippen MR) is 78.3 cm³/mol. The van der Waals surface area contributed by atoms with Gasteiger partial charge in [-0.15, -0.1) is 0 Å². The molecule has 0 aromatic heterocycles. The van der Waals surface area contributed by atoms with Crippen LogP contribution in [0, 0.1) is 5.92 Å². The zero-order valence-electron chi connectivity index (χ0n) is 11.9. The molecule has 0 amide bonds. The largest absolute Gasteiger partial charge is 0.504 e. The number of aromatic hydroxyl groups is 2. The smallest absolute Gasteiger partial charge is 0.331 e. The van der Waals surface area contributed by atoms with Crippen LogP contribution in [-0.2, 0) is 14.3 Å². The lowest BCUT2D eigenvalue weighted by Gasteiger charge is -2.25. The number of esters is 1. The van der Waals surface area contributed by atoms with Crippen molar-refractivity contribution in [3.8, 4) is 11.5 Å². The highest BCUT2D eigenvalue weighted by Gasteiger charge is 2.28. The van der Waals surface area contributed by atoms with Crippen molar-refractivity contribution in [3.63, 3.8) is 0 Å². The van der Waals surface area contributed by atoms with Crippen molar-refractivity contribution in [2.45, 2.75) is 31.8 Å². The number of aliphatic carboxylic acids is 1.